The van der Waals surface area contributed by atoms with Crippen LogP contribution in [0.4, 0.5) is 5.95 Å². The number of benzene rings is 1. The predicted octanol–water partition coefficient (Wildman–Crippen LogP) is 4.38. The highest BCUT2D eigenvalue weighted by Gasteiger charge is 2.53. The van der Waals surface area contributed by atoms with E-state index in [4.69, 9.17) is 4.74 Å². The van der Waals surface area contributed by atoms with Gasteiger partial charge in [0.25, 0.3) is 10.0 Å². The molecule has 12 heteroatoms. The van der Waals surface area contributed by atoms with Crippen molar-refractivity contribution >= 4 is 21.9 Å². The van der Waals surface area contributed by atoms with Gasteiger partial charge in [-0.15, -0.1) is 0 Å². The van der Waals surface area contributed by atoms with E-state index in [-0.39, 0.29) is 17.9 Å². The molecule has 1 spiro atoms. The summed E-state index contributed by atoms with van der Waals surface area (Å²) in [5, 5.41) is 12.4. The predicted molar refractivity (Wildman–Crippen MR) is 153 cm³/mol. The molecule has 2 heterocycles. The number of anilines is 1. The Balaban J connectivity index is 1.42. The molecular formula is C29H36N6O5S. The molecule has 1 aromatic carbocycles. The van der Waals surface area contributed by atoms with Crippen molar-refractivity contribution in [2.45, 2.75) is 76.9 Å². The second kappa shape index (κ2) is 11.3. The van der Waals surface area contributed by atoms with Gasteiger partial charge in [0.2, 0.25) is 11.8 Å². The van der Waals surface area contributed by atoms with Gasteiger partial charge in [0, 0.05) is 23.7 Å². The average molecular weight is 581 g/mol. The molecule has 5 rings (SSSR count). The fourth-order valence-electron chi connectivity index (χ4n) is 5.61. The average Bonchev–Trinajstić information content (AvgIpc) is 3.67. The third-order valence-corrected chi connectivity index (χ3v) is 8.95. The standard InChI is InChI=1S/C29H36N6O5S/c1-17(2)10-20(31-21-12-29(13-21)8-9-29)16-40-24-11-22(26-18(3)6-5-7-19(26)4)33-28(34-24)35-41(38,39)25-15-30-14-23(32-25)27(36)37/h5-7,11,14-15,17,20-21,31H,8-10,12-13,16H2,1-4H3,(H,36,37)(H,33,34,35)/t20-/m1/s1. The summed E-state index contributed by atoms with van der Waals surface area (Å²) in [4.78, 5) is 27.6. The van der Waals surface area contributed by atoms with Gasteiger partial charge in [-0.3, -0.25) is 4.98 Å². The Bertz CT molecular complexity index is 1530. The zero-order valence-electron chi connectivity index (χ0n) is 23.7. The van der Waals surface area contributed by atoms with E-state index in [0.717, 1.165) is 35.5 Å². The third kappa shape index (κ3) is 6.82. The van der Waals surface area contributed by atoms with Gasteiger partial charge in [0.05, 0.1) is 18.1 Å². The topological polar surface area (TPSA) is 156 Å². The number of ether oxygens (including phenoxy) is 1. The Morgan fingerprint density at radius 3 is 2.46 bits per heavy atom. The number of aromatic carboxylic acids is 1. The van der Waals surface area contributed by atoms with E-state index in [9.17, 15) is 18.3 Å². The van der Waals surface area contributed by atoms with E-state index in [0.29, 0.717) is 29.7 Å². The highest BCUT2D eigenvalue weighted by atomic mass is 32.2. The Hall–Kier alpha value is -3.64. The fourth-order valence-corrected chi connectivity index (χ4v) is 6.46. The molecule has 0 amide bonds. The van der Waals surface area contributed by atoms with Gasteiger partial charge in [-0.25, -0.2) is 19.5 Å². The van der Waals surface area contributed by atoms with E-state index in [2.05, 4.69) is 43.8 Å². The molecular weight excluding hydrogens is 544 g/mol. The molecule has 0 saturated heterocycles. The van der Waals surface area contributed by atoms with Gasteiger partial charge in [0.1, 0.15) is 6.61 Å². The van der Waals surface area contributed by atoms with E-state index in [1.54, 1.807) is 6.07 Å². The van der Waals surface area contributed by atoms with Crippen molar-refractivity contribution in [1.29, 1.82) is 0 Å². The monoisotopic (exact) mass is 580 g/mol. The van der Waals surface area contributed by atoms with Crippen LogP contribution in [-0.2, 0) is 10.0 Å². The van der Waals surface area contributed by atoms with Crippen LogP contribution in [0.5, 0.6) is 5.88 Å². The smallest absolute Gasteiger partial charge is 0.356 e. The summed E-state index contributed by atoms with van der Waals surface area (Å²) >= 11 is 0. The van der Waals surface area contributed by atoms with Crippen molar-refractivity contribution in [3.8, 4) is 17.1 Å². The van der Waals surface area contributed by atoms with E-state index in [1.807, 2.05) is 32.0 Å². The van der Waals surface area contributed by atoms with Crippen LogP contribution >= 0.6 is 0 Å². The van der Waals surface area contributed by atoms with Crippen molar-refractivity contribution in [2.24, 2.45) is 11.3 Å². The summed E-state index contributed by atoms with van der Waals surface area (Å²) in [6, 6.07) is 8.17. The lowest BCUT2D eigenvalue weighted by Crippen LogP contribution is -2.49. The highest BCUT2D eigenvalue weighted by molar-refractivity contribution is 7.92. The van der Waals surface area contributed by atoms with Gasteiger partial charge in [-0.2, -0.15) is 13.4 Å². The third-order valence-electron chi connectivity index (χ3n) is 7.75. The maximum absolute atomic E-state index is 13.1. The fraction of sp³-hybridized carbons (Fsp3) is 0.483. The minimum absolute atomic E-state index is 0.115. The second-order valence-electron chi connectivity index (χ2n) is 11.7. The van der Waals surface area contributed by atoms with Crippen LogP contribution in [0.2, 0.25) is 0 Å². The molecule has 0 aliphatic heterocycles. The van der Waals surface area contributed by atoms with E-state index < -0.39 is 26.7 Å². The molecule has 41 heavy (non-hydrogen) atoms. The highest BCUT2D eigenvalue weighted by Crippen LogP contribution is 2.60. The maximum atomic E-state index is 13.1. The lowest BCUT2D eigenvalue weighted by Gasteiger charge is -2.39. The lowest BCUT2D eigenvalue weighted by molar-refractivity contribution is 0.0689. The molecule has 1 atom stereocenters. The molecule has 2 aliphatic rings. The zero-order valence-corrected chi connectivity index (χ0v) is 24.5. The van der Waals surface area contributed by atoms with Crippen molar-refractivity contribution < 1.29 is 23.1 Å². The summed E-state index contributed by atoms with van der Waals surface area (Å²) < 4.78 is 34.8. The minimum Gasteiger partial charge on any atom is -0.476 e. The van der Waals surface area contributed by atoms with Crippen LogP contribution in [0.15, 0.2) is 41.7 Å². The summed E-state index contributed by atoms with van der Waals surface area (Å²) in [5.41, 5.74) is 3.35. The van der Waals surface area contributed by atoms with Gasteiger partial charge >= 0.3 is 5.97 Å². The first-order valence-corrected chi connectivity index (χ1v) is 15.3. The molecule has 3 N–H and O–H groups in total. The summed E-state index contributed by atoms with van der Waals surface area (Å²) in [6.07, 6.45) is 7.97. The molecule has 2 saturated carbocycles. The Labute approximate surface area is 240 Å². The number of nitrogens with one attached hydrogen (secondary N) is 2. The van der Waals surface area contributed by atoms with Crippen LogP contribution in [0.25, 0.3) is 11.3 Å². The largest absolute Gasteiger partial charge is 0.476 e. The van der Waals surface area contributed by atoms with Crippen LogP contribution in [0, 0.1) is 25.2 Å². The number of aromatic nitrogens is 4. The minimum atomic E-state index is -4.35. The van der Waals surface area contributed by atoms with Gasteiger partial charge in [-0.05, 0) is 68.4 Å². The number of rotatable bonds is 12. The number of hydrogen-bond donors (Lipinski definition) is 3. The first-order chi connectivity index (χ1) is 19.4. The van der Waals surface area contributed by atoms with Crippen LogP contribution in [0.1, 0.15) is 67.6 Å². The first kappa shape index (κ1) is 28.9. The van der Waals surface area contributed by atoms with E-state index in [1.165, 1.54) is 25.7 Å². The van der Waals surface area contributed by atoms with Crippen LogP contribution < -0.4 is 14.8 Å². The molecule has 0 bridgehead atoms. The second-order valence-corrected chi connectivity index (χ2v) is 13.4. The molecule has 218 valence electrons. The Morgan fingerprint density at radius 1 is 1.12 bits per heavy atom. The van der Waals surface area contributed by atoms with E-state index >= 15 is 0 Å². The van der Waals surface area contributed by atoms with Crippen molar-refractivity contribution in [3.05, 3.63) is 53.5 Å². The number of sulfonamides is 1. The van der Waals surface area contributed by atoms with Crippen molar-refractivity contribution in [1.82, 2.24) is 25.3 Å². The van der Waals surface area contributed by atoms with Crippen molar-refractivity contribution in [2.75, 3.05) is 11.3 Å². The lowest BCUT2D eigenvalue weighted by atomic mass is 9.76. The SMILES string of the molecule is Cc1cccc(C)c1-c1cc(OC[C@@H](CC(C)C)NC2CC3(CC3)C2)nc(NS(=O)(=O)c2cncc(C(=O)O)n2)n1. The first-order valence-electron chi connectivity index (χ1n) is 13.9. The Kier molecular flexibility index (Phi) is 7.97. The van der Waals surface area contributed by atoms with Gasteiger partial charge in [0.15, 0.2) is 10.7 Å². The van der Waals surface area contributed by atoms with Gasteiger partial charge < -0.3 is 15.2 Å². The molecule has 2 fully saturated rings. The van der Waals surface area contributed by atoms with Crippen LogP contribution in [-0.4, -0.2) is 58.1 Å². The zero-order chi connectivity index (χ0) is 29.4. The number of nitrogens with zero attached hydrogens (tertiary/aromatic N) is 4. The van der Waals surface area contributed by atoms with Gasteiger partial charge in [-0.1, -0.05) is 32.0 Å². The summed E-state index contributed by atoms with van der Waals surface area (Å²) in [7, 11) is -4.35. The molecule has 3 aromatic rings. The maximum Gasteiger partial charge on any atom is 0.356 e. The number of hydrogen-bond acceptors (Lipinski definition) is 9. The summed E-state index contributed by atoms with van der Waals surface area (Å²) in [6.45, 7) is 8.63. The number of carboxylic acids is 1. The van der Waals surface area contributed by atoms with Crippen LogP contribution in [0.3, 0.4) is 0 Å². The molecule has 0 unspecified atom stereocenters. The Morgan fingerprint density at radius 2 is 1.83 bits per heavy atom. The van der Waals surface area contributed by atoms with Crippen molar-refractivity contribution in [3.63, 3.8) is 0 Å². The molecule has 2 aliphatic carbocycles. The summed E-state index contributed by atoms with van der Waals surface area (Å²) in [5.74, 6) is -0.918. The normalized spacial score (nSPS) is 16.8. The molecule has 2 aromatic heterocycles. The number of carbonyl (C=O) groups is 1. The quantitative estimate of drug-likeness (QED) is 0.281. The molecule has 0 radical (unpaired) electrons. The number of carboxylic acid groups (broad SMARTS) is 1. The molecule has 11 nitrogen and oxygen atoms in total. The number of aryl methyl sites for hydroxylation is 2.